The normalized spacial score (nSPS) is 11.1. The van der Waals surface area contributed by atoms with E-state index in [1.807, 2.05) is 29.2 Å². The quantitative estimate of drug-likeness (QED) is 0.691. The zero-order valence-corrected chi connectivity index (χ0v) is 11.1. The summed E-state index contributed by atoms with van der Waals surface area (Å²) < 4.78 is 0. The summed E-state index contributed by atoms with van der Waals surface area (Å²) in [5.41, 5.74) is 0. The zero-order chi connectivity index (χ0) is 10.6. The molecule has 0 bridgehead atoms. The molecule has 0 aliphatic rings. The summed E-state index contributed by atoms with van der Waals surface area (Å²) >= 11 is 5.43. The van der Waals surface area contributed by atoms with Crippen LogP contribution in [0.2, 0.25) is 0 Å². The Labute approximate surface area is 98.5 Å². The summed E-state index contributed by atoms with van der Waals surface area (Å²) in [6.45, 7) is 5.90. The first-order chi connectivity index (χ1) is 6.78. The second-order valence-electron chi connectivity index (χ2n) is 2.60. The van der Waals surface area contributed by atoms with Crippen LogP contribution < -0.4 is 0 Å². The summed E-state index contributed by atoms with van der Waals surface area (Å²) in [6.07, 6.45) is 10.4. The van der Waals surface area contributed by atoms with Crippen LogP contribution in [0.3, 0.4) is 0 Å². The molecule has 0 radical (unpaired) electrons. The summed E-state index contributed by atoms with van der Waals surface area (Å²) in [5, 5.41) is 0. The van der Waals surface area contributed by atoms with E-state index in [2.05, 4.69) is 38.2 Å². The molecular weight excluding hydrogens is 228 g/mol. The molecule has 0 atom stereocenters. The molecule has 1 heterocycles. The summed E-state index contributed by atoms with van der Waals surface area (Å²) in [6, 6.07) is 0. The molecule has 1 aromatic rings. The third-order valence-corrected chi connectivity index (χ3v) is 4.99. The fourth-order valence-corrected chi connectivity index (χ4v) is 4.65. The first-order valence-electron chi connectivity index (χ1n) is 4.28. The monoisotopic (exact) mass is 242 g/mol. The molecule has 0 spiro atoms. The lowest BCUT2D eigenvalue weighted by atomic mass is 10.4. The van der Waals surface area contributed by atoms with Crippen LogP contribution in [0.15, 0.2) is 22.4 Å². The molecule has 0 fully saturated rings. The van der Waals surface area contributed by atoms with E-state index in [9.17, 15) is 0 Å². The molecule has 1 rings (SSSR count). The molecule has 0 N–H and O–H groups in total. The van der Waals surface area contributed by atoms with Crippen molar-refractivity contribution in [2.24, 2.45) is 0 Å². The van der Waals surface area contributed by atoms with Gasteiger partial charge < -0.3 is 0 Å². The van der Waals surface area contributed by atoms with E-state index < -0.39 is 0 Å². The van der Waals surface area contributed by atoms with Crippen LogP contribution in [-0.2, 0) is 0 Å². The molecule has 0 saturated carbocycles. The van der Waals surface area contributed by atoms with Crippen LogP contribution in [0.5, 0.6) is 0 Å². The van der Waals surface area contributed by atoms with Gasteiger partial charge in [0, 0.05) is 19.5 Å². The van der Waals surface area contributed by atoms with E-state index in [-0.39, 0.29) is 0 Å². The third kappa shape index (κ3) is 2.27. The van der Waals surface area contributed by atoms with E-state index >= 15 is 0 Å². The van der Waals surface area contributed by atoms with Gasteiger partial charge >= 0.3 is 0 Å². The average Bonchev–Trinajstić information content (AvgIpc) is 2.55. The number of thioether (sulfide) groups is 2. The number of hydrogen-bond donors (Lipinski definition) is 0. The van der Waals surface area contributed by atoms with E-state index in [0.29, 0.717) is 0 Å². The van der Waals surface area contributed by atoms with Crippen molar-refractivity contribution < 1.29 is 0 Å². The smallest absolute Gasteiger partial charge is 0.0421 e. The highest BCUT2D eigenvalue weighted by atomic mass is 32.2. The van der Waals surface area contributed by atoms with Gasteiger partial charge in [0.05, 0.1) is 0 Å². The maximum atomic E-state index is 3.85. The third-order valence-electron chi connectivity index (χ3n) is 1.79. The van der Waals surface area contributed by atoms with Gasteiger partial charge in [-0.15, -0.1) is 34.9 Å². The van der Waals surface area contributed by atoms with Gasteiger partial charge in [0.15, 0.2) is 0 Å². The minimum absolute atomic E-state index is 1.29. The number of rotatable bonds is 4. The largest absolute Gasteiger partial charge is 0.134 e. The topological polar surface area (TPSA) is 0 Å². The minimum atomic E-state index is 1.29. The van der Waals surface area contributed by atoms with Crippen LogP contribution in [0.1, 0.15) is 16.7 Å². The molecule has 0 aliphatic heterocycles. The maximum absolute atomic E-state index is 3.85. The van der Waals surface area contributed by atoms with Crippen molar-refractivity contribution in [3.05, 3.63) is 22.4 Å². The van der Waals surface area contributed by atoms with Crippen LogP contribution in [0.25, 0.3) is 12.2 Å². The van der Waals surface area contributed by atoms with Gasteiger partial charge in [0.1, 0.15) is 0 Å². The summed E-state index contributed by atoms with van der Waals surface area (Å²) in [7, 11) is 0. The van der Waals surface area contributed by atoms with Crippen molar-refractivity contribution in [3.63, 3.8) is 0 Å². The van der Waals surface area contributed by atoms with Gasteiger partial charge in [-0.3, -0.25) is 0 Å². The molecule has 0 saturated heterocycles. The van der Waals surface area contributed by atoms with Crippen LogP contribution in [0, 0.1) is 0 Å². The fourth-order valence-electron chi connectivity index (χ4n) is 1.22. The Kier molecular flexibility index (Phi) is 4.85. The zero-order valence-electron chi connectivity index (χ0n) is 8.66. The lowest BCUT2D eigenvalue weighted by Gasteiger charge is -1.99. The maximum Gasteiger partial charge on any atom is 0.0421 e. The van der Waals surface area contributed by atoms with Crippen molar-refractivity contribution in [2.75, 3.05) is 12.5 Å². The molecule has 0 aliphatic carbocycles. The molecule has 0 unspecified atom stereocenters. The van der Waals surface area contributed by atoms with Crippen molar-refractivity contribution >= 4 is 47.0 Å². The Morgan fingerprint density at radius 3 is 2.14 bits per heavy atom. The highest BCUT2D eigenvalue weighted by Crippen LogP contribution is 2.41. The Hall–Kier alpha value is -0.120. The first kappa shape index (κ1) is 12.0. The van der Waals surface area contributed by atoms with Gasteiger partial charge in [0.25, 0.3) is 0 Å². The van der Waals surface area contributed by atoms with Gasteiger partial charge in [-0.1, -0.05) is 18.7 Å². The Morgan fingerprint density at radius 1 is 1.14 bits per heavy atom. The highest BCUT2D eigenvalue weighted by Gasteiger charge is 2.12. The van der Waals surface area contributed by atoms with Crippen LogP contribution in [-0.4, -0.2) is 12.5 Å². The summed E-state index contributed by atoms with van der Waals surface area (Å²) in [5.74, 6) is 0. The van der Waals surface area contributed by atoms with Crippen molar-refractivity contribution in [2.45, 2.75) is 16.7 Å². The van der Waals surface area contributed by atoms with Crippen molar-refractivity contribution in [1.29, 1.82) is 0 Å². The molecule has 76 valence electrons. The lowest BCUT2D eigenvalue weighted by Crippen LogP contribution is -1.73. The molecule has 0 aromatic carbocycles. The molecular formula is C11H14S3. The molecule has 3 heteroatoms. The summed E-state index contributed by atoms with van der Waals surface area (Å²) in [4.78, 5) is 5.38. The predicted molar refractivity (Wildman–Crippen MR) is 72.7 cm³/mol. The molecule has 0 amide bonds. The molecule has 14 heavy (non-hydrogen) atoms. The Balaban J connectivity index is 3.30. The highest BCUT2D eigenvalue weighted by molar-refractivity contribution is 8.02. The van der Waals surface area contributed by atoms with Gasteiger partial charge in [-0.05, 0) is 25.5 Å². The van der Waals surface area contributed by atoms with Crippen molar-refractivity contribution in [1.82, 2.24) is 0 Å². The second-order valence-corrected chi connectivity index (χ2v) is 5.32. The number of allylic oxidation sites excluding steroid dienone is 1. The van der Waals surface area contributed by atoms with Crippen LogP contribution in [0.4, 0.5) is 0 Å². The van der Waals surface area contributed by atoms with Crippen LogP contribution >= 0.6 is 34.9 Å². The van der Waals surface area contributed by atoms with Gasteiger partial charge in [0.2, 0.25) is 0 Å². The Morgan fingerprint density at radius 2 is 1.71 bits per heavy atom. The van der Waals surface area contributed by atoms with E-state index in [0.717, 1.165) is 0 Å². The minimum Gasteiger partial charge on any atom is -0.134 e. The second kappa shape index (κ2) is 5.69. The molecule has 1 aromatic heterocycles. The van der Waals surface area contributed by atoms with Crippen molar-refractivity contribution in [3.8, 4) is 0 Å². The first-order valence-corrected chi connectivity index (χ1v) is 7.55. The lowest BCUT2D eigenvalue weighted by molar-refractivity contribution is 1.31. The Bertz CT molecular complexity index is 348. The SMILES string of the molecule is C=Cc1sc(C=CC)c(SC)c1SC. The van der Waals surface area contributed by atoms with E-state index in [4.69, 9.17) is 0 Å². The number of thiophene rings is 1. The van der Waals surface area contributed by atoms with E-state index in [1.165, 1.54) is 19.5 Å². The number of hydrogen-bond acceptors (Lipinski definition) is 3. The molecule has 0 nitrogen and oxygen atoms in total. The fraction of sp³-hybridized carbons (Fsp3) is 0.273. The predicted octanol–water partition coefficient (Wildman–Crippen LogP) is 4.87. The average molecular weight is 242 g/mol. The van der Waals surface area contributed by atoms with Gasteiger partial charge in [-0.25, -0.2) is 0 Å². The standard InChI is InChI=1S/C11H14S3/c1-5-7-9-11(13-4)10(12-3)8(6-2)14-9/h5-7H,2H2,1,3-4H3. The van der Waals surface area contributed by atoms with Gasteiger partial charge in [-0.2, -0.15) is 0 Å². The van der Waals surface area contributed by atoms with E-state index in [1.54, 1.807) is 11.8 Å².